The Morgan fingerprint density at radius 1 is 1.25 bits per heavy atom. The number of benzene rings is 2. The molecule has 0 saturated carbocycles. The van der Waals surface area contributed by atoms with Gasteiger partial charge in [-0.15, -0.1) is 0 Å². The van der Waals surface area contributed by atoms with E-state index in [1.165, 1.54) is 0 Å². The zero-order valence-corrected chi connectivity index (χ0v) is 13.0. The number of hydrogen-bond donors (Lipinski definition) is 2. The van der Waals surface area contributed by atoms with Crippen LogP contribution in [0, 0.1) is 0 Å². The van der Waals surface area contributed by atoms with E-state index in [9.17, 15) is 4.79 Å². The molecule has 20 heavy (non-hydrogen) atoms. The van der Waals surface area contributed by atoms with E-state index < -0.39 is 0 Å². The number of amides is 1. The van der Waals surface area contributed by atoms with E-state index in [2.05, 4.69) is 21.2 Å². The quantitative estimate of drug-likeness (QED) is 0.883. The predicted octanol–water partition coefficient (Wildman–Crippen LogP) is 3.53. The average molecular weight is 354 g/mol. The first kappa shape index (κ1) is 15.0. The van der Waals surface area contributed by atoms with Gasteiger partial charge in [-0.1, -0.05) is 41.9 Å². The lowest BCUT2D eigenvalue weighted by atomic mass is 10.1. The summed E-state index contributed by atoms with van der Waals surface area (Å²) in [6, 6.07) is 14.5. The highest BCUT2D eigenvalue weighted by Gasteiger charge is 2.10. The Morgan fingerprint density at radius 2 is 1.95 bits per heavy atom. The summed E-state index contributed by atoms with van der Waals surface area (Å²) in [7, 11) is 0. The van der Waals surface area contributed by atoms with Gasteiger partial charge in [0.2, 0.25) is 0 Å². The van der Waals surface area contributed by atoms with E-state index in [0.717, 1.165) is 5.56 Å². The summed E-state index contributed by atoms with van der Waals surface area (Å²) in [6.07, 6.45) is 0. The number of carbonyl (C=O) groups excluding carboxylic acids is 1. The average Bonchev–Trinajstić information content (AvgIpc) is 2.48. The van der Waals surface area contributed by atoms with Gasteiger partial charge in [0, 0.05) is 22.6 Å². The van der Waals surface area contributed by atoms with Crippen molar-refractivity contribution in [1.29, 1.82) is 0 Å². The SMILES string of the molecule is NC(CNC(=O)c1ccc(Cl)c(Br)c1)c1ccccc1. The summed E-state index contributed by atoms with van der Waals surface area (Å²) in [6.45, 7) is 0.378. The van der Waals surface area contributed by atoms with Gasteiger partial charge < -0.3 is 11.1 Å². The minimum atomic E-state index is -0.226. The Balaban J connectivity index is 1.97. The molecule has 1 atom stereocenters. The molecule has 2 aromatic carbocycles. The molecule has 1 unspecified atom stereocenters. The highest BCUT2D eigenvalue weighted by Crippen LogP contribution is 2.23. The largest absolute Gasteiger partial charge is 0.350 e. The lowest BCUT2D eigenvalue weighted by molar-refractivity contribution is 0.0951. The Kier molecular flexibility index (Phi) is 5.17. The Bertz CT molecular complexity index is 604. The van der Waals surface area contributed by atoms with Crippen molar-refractivity contribution in [2.45, 2.75) is 6.04 Å². The van der Waals surface area contributed by atoms with Gasteiger partial charge in [0.1, 0.15) is 0 Å². The molecule has 0 heterocycles. The van der Waals surface area contributed by atoms with Gasteiger partial charge in [-0.25, -0.2) is 0 Å². The third-order valence-electron chi connectivity index (χ3n) is 2.89. The minimum absolute atomic E-state index is 0.172. The summed E-state index contributed by atoms with van der Waals surface area (Å²) < 4.78 is 0.694. The van der Waals surface area contributed by atoms with Gasteiger partial charge in [0.15, 0.2) is 0 Å². The first-order valence-electron chi connectivity index (χ1n) is 6.11. The molecule has 3 nitrogen and oxygen atoms in total. The Hall–Kier alpha value is -1.36. The summed E-state index contributed by atoms with van der Waals surface area (Å²) in [4.78, 5) is 12.0. The maximum absolute atomic E-state index is 12.0. The zero-order valence-electron chi connectivity index (χ0n) is 10.6. The fourth-order valence-corrected chi connectivity index (χ4v) is 2.26. The highest BCUT2D eigenvalue weighted by molar-refractivity contribution is 9.10. The van der Waals surface area contributed by atoms with E-state index in [4.69, 9.17) is 17.3 Å². The predicted molar refractivity (Wildman–Crippen MR) is 84.9 cm³/mol. The number of carbonyl (C=O) groups is 1. The molecule has 0 saturated heterocycles. The highest BCUT2D eigenvalue weighted by atomic mass is 79.9. The van der Waals surface area contributed by atoms with Crippen molar-refractivity contribution in [1.82, 2.24) is 5.32 Å². The van der Waals surface area contributed by atoms with Gasteiger partial charge in [0.05, 0.1) is 5.02 Å². The third kappa shape index (κ3) is 3.82. The van der Waals surface area contributed by atoms with Crippen LogP contribution in [0.4, 0.5) is 0 Å². The first-order chi connectivity index (χ1) is 9.58. The second kappa shape index (κ2) is 6.88. The van der Waals surface area contributed by atoms with Crippen LogP contribution in [0.5, 0.6) is 0 Å². The van der Waals surface area contributed by atoms with E-state index in [-0.39, 0.29) is 11.9 Å². The maximum Gasteiger partial charge on any atom is 0.251 e. The summed E-state index contributed by atoms with van der Waals surface area (Å²) in [5, 5.41) is 3.39. The first-order valence-corrected chi connectivity index (χ1v) is 7.29. The van der Waals surface area contributed by atoms with E-state index in [1.54, 1.807) is 18.2 Å². The summed E-state index contributed by atoms with van der Waals surface area (Å²) in [5.74, 6) is -0.172. The van der Waals surface area contributed by atoms with Gasteiger partial charge in [-0.3, -0.25) is 4.79 Å². The molecule has 0 spiro atoms. The summed E-state index contributed by atoms with van der Waals surface area (Å²) in [5.41, 5.74) is 7.56. The molecule has 0 aromatic heterocycles. The van der Waals surface area contributed by atoms with E-state index in [1.807, 2.05) is 30.3 Å². The fraction of sp³-hybridized carbons (Fsp3) is 0.133. The standard InChI is InChI=1S/C15H14BrClN2O/c16-12-8-11(6-7-13(12)17)15(20)19-9-14(18)10-4-2-1-3-5-10/h1-8,14H,9,18H2,(H,19,20). The van der Waals surface area contributed by atoms with Crippen LogP contribution >= 0.6 is 27.5 Å². The van der Waals surface area contributed by atoms with E-state index >= 15 is 0 Å². The van der Waals surface area contributed by atoms with Crippen LogP contribution in [0.25, 0.3) is 0 Å². The van der Waals surface area contributed by atoms with Crippen molar-refractivity contribution in [2.75, 3.05) is 6.54 Å². The van der Waals surface area contributed by atoms with Gasteiger partial charge in [-0.2, -0.15) is 0 Å². The molecule has 2 rings (SSSR count). The number of hydrogen-bond acceptors (Lipinski definition) is 2. The van der Waals surface area contributed by atoms with Gasteiger partial charge in [0.25, 0.3) is 5.91 Å². The van der Waals surface area contributed by atoms with Crippen molar-refractivity contribution in [3.63, 3.8) is 0 Å². The van der Waals surface area contributed by atoms with Crippen LogP contribution < -0.4 is 11.1 Å². The molecule has 0 aliphatic heterocycles. The Morgan fingerprint density at radius 3 is 2.60 bits per heavy atom. The van der Waals surface area contributed by atoms with Crippen LogP contribution in [0.1, 0.15) is 22.0 Å². The monoisotopic (exact) mass is 352 g/mol. The number of nitrogens with one attached hydrogen (secondary N) is 1. The maximum atomic E-state index is 12.0. The minimum Gasteiger partial charge on any atom is -0.350 e. The zero-order chi connectivity index (χ0) is 14.5. The molecule has 0 aliphatic carbocycles. The molecule has 0 fully saturated rings. The topological polar surface area (TPSA) is 55.1 Å². The summed E-state index contributed by atoms with van der Waals surface area (Å²) >= 11 is 9.19. The lowest BCUT2D eigenvalue weighted by Crippen LogP contribution is -2.31. The van der Waals surface area contributed by atoms with Gasteiger partial charge in [-0.05, 0) is 39.7 Å². The van der Waals surface area contributed by atoms with Crippen molar-refractivity contribution < 1.29 is 4.79 Å². The van der Waals surface area contributed by atoms with Crippen molar-refractivity contribution >= 4 is 33.4 Å². The number of halogens is 2. The number of nitrogens with two attached hydrogens (primary N) is 1. The molecule has 1 amide bonds. The van der Waals surface area contributed by atoms with Crippen LogP contribution in [0.15, 0.2) is 53.0 Å². The molecular weight excluding hydrogens is 340 g/mol. The van der Waals surface area contributed by atoms with Crippen molar-refractivity contribution in [2.24, 2.45) is 5.73 Å². The molecule has 0 aliphatic rings. The Labute approximate surface area is 131 Å². The normalized spacial score (nSPS) is 11.9. The molecule has 3 N–H and O–H groups in total. The van der Waals surface area contributed by atoms with Crippen LogP contribution in [-0.2, 0) is 0 Å². The second-order valence-corrected chi connectivity index (χ2v) is 5.62. The molecule has 0 radical (unpaired) electrons. The third-order valence-corrected chi connectivity index (χ3v) is 4.11. The van der Waals surface area contributed by atoms with Gasteiger partial charge >= 0.3 is 0 Å². The number of rotatable bonds is 4. The molecular formula is C15H14BrClN2O. The van der Waals surface area contributed by atoms with Crippen molar-refractivity contribution in [3.05, 3.63) is 69.2 Å². The van der Waals surface area contributed by atoms with Crippen LogP contribution in [-0.4, -0.2) is 12.5 Å². The molecule has 104 valence electrons. The molecule has 2 aromatic rings. The second-order valence-electron chi connectivity index (χ2n) is 4.36. The molecule has 5 heteroatoms. The lowest BCUT2D eigenvalue weighted by Gasteiger charge is -2.13. The van der Waals surface area contributed by atoms with Crippen LogP contribution in [0.3, 0.4) is 0 Å². The molecule has 0 bridgehead atoms. The van der Waals surface area contributed by atoms with E-state index in [0.29, 0.717) is 21.6 Å². The smallest absolute Gasteiger partial charge is 0.251 e. The van der Waals surface area contributed by atoms with Crippen LogP contribution in [0.2, 0.25) is 5.02 Å². The fourth-order valence-electron chi connectivity index (χ4n) is 1.76. The van der Waals surface area contributed by atoms with Crippen molar-refractivity contribution in [3.8, 4) is 0 Å².